The number of hydrogen-bond donors (Lipinski definition) is 2. The number of ether oxygens (including phenoxy) is 1. The molecular formula is C16H22Cl2N2O2. The maximum Gasteiger partial charge on any atom is 0.123 e. The first kappa shape index (κ1) is 16.3. The van der Waals surface area contributed by atoms with E-state index in [2.05, 4.69) is 10.2 Å². The normalized spacial score (nSPS) is 22.6. The lowest BCUT2D eigenvalue weighted by molar-refractivity contribution is 0.0207. The monoisotopic (exact) mass is 344 g/mol. The van der Waals surface area contributed by atoms with E-state index in [1.54, 1.807) is 12.1 Å². The molecule has 3 rings (SSSR count). The van der Waals surface area contributed by atoms with E-state index in [9.17, 15) is 5.11 Å². The van der Waals surface area contributed by atoms with Crippen molar-refractivity contribution in [3.8, 4) is 5.75 Å². The van der Waals surface area contributed by atoms with Gasteiger partial charge in [0.1, 0.15) is 5.75 Å². The number of phenolic OH excluding ortho intramolecular Hbond substituents is 1. The molecule has 2 aliphatic rings. The Morgan fingerprint density at radius 2 is 1.86 bits per heavy atom. The lowest BCUT2D eigenvalue weighted by atomic mass is 9.85. The van der Waals surface area contributed by atoms with Crippen LogP contribution in [0.25, 0.3) is 0 Å². The first-order valence-electron chi connectivity index (χ1n) is 7.87. The highest BCUT2D eigenvalue weighted by molar-refractivity contribution is 6.35. The third kappa shape index (κ3) is 3.52. The number of phenols is 1. The molecule has 6 heteroatoms. The van der Waals surface area contributed by atoms with Crippen LogP contribution in [0.4, 0.5) is 0 Å². The average Bonchev–Trinajstić information content (AvgIpc) is 2.52. The molecule has 0 bridgehead atoms. The molecule has 0 spiro atoms. The molecule has 2 aliphatic heterocycles. The predicted molar refractivity (Wildman–Crippen MR) is 88.9 cm³/mol. The summed E-state index contributed by atoms with van der Waals surface area (Å²) in [6, 6.07) is 3.44. The molecule has 4 nitrogen and oxygen atoms in total. The third-order valence-corrected chi connectivity index (χ3v) is 5.16. The van der Waals surface area contributed by atoms with Crippen molar-refractivity contribution in [2.45, 2.75) is 18.9 Å². The number of benzene rings is 1. The summed E-state index contributed by atoms with van der Waals surface area (Å²) in [4.78, 5) is 2.43. The van der Waals surface area contributed by atoms with E-state index in [1.807, 2.05) is 0 Å². The van der Waals surface area contributed by atoms with E-state index >= 15 is 0 Å². The Bertz CT molecular complexity index is 474. The van der Waals surface area contributed by atoms with Crippen LogP contribution in [0.15, 0.2) is 12.1 Å². The van der Waals surface area contributed by atoms with Gasteiger partial charge in [0.25, 0.3) is 0 Å². The van der Waals surface area contributed by atoms with Gasteiger partial charge in [-0.1, -0.05) is 23.2 Å². The molecule has 0 amide bonds. The van der Waals surface area contributed by atoms with Crippen molar-refractivity contribution < 1.29 is 9.84 Å². The van der Waals surface area contributed by atoms with Gasteiger partial charge in [-0.05, 0) is 30.9 Å². The van der Waals surface area contributed by atoms with Crippen LogP contribution in [0.2, 0.25) is 10.0 Å². The van der Waals surface area contributed by atoms with Gasteiger partial charge in [-0.2, -0.15) is 0 Å². The van der Waals surface area contributed by atoms with Crippen molar-refractivity contribution in [1.82, 2.24) is 10.2 Å². The zero-order valence-electron chi connectivity index (χ0n) is 12.5. The highest BCUT2D eigenvalue weighted by atomic mass is 35.5. The highest BCUT2D eigenvalue weighted by Crippen LogP contribution is 2.43. The molecule has 0 aliphatic carbocycles. The summed E-state index contributed by atoms with van der Waals surface area (Å²) in [5.41, 5.74) is 0.819. The fourth-order valence-electron chi connectivity index (χ4n) is 3.57. The van der Waals surface area contributed by atoms with Crippen LogP contribution in [0.1, 0.15) is 24.4 Å². The van der Waals surface area contributed by atoms with E-state index in [4.69, 9.17) is 27.9 Å². The SMILES string of the molecule is Oc1cc(Cl)cc(Cl)c1[C@H](C1CCOCC1)N1CCNCC1. The second kappa shape index (κ2) is 7.37. The lowest BCUT2D eigenvalue weighted by Crippen LogP contribution is -2.47. The average molecular weight is 345 g/mol. The molecule has 0 aromatic heterocycles. The minimum Gasteiger partial charge on any atom is -0.508 e. The molecule has 0 saturated carbocycles. The second-order valence-corrected chi connectivity index (χ2v) is 6.84. The smallest absolute Gasteiger partial charge is 0.123 e. The minimum absolute atomic E-state index is 0.121. The van der Waals surface area contributed by atoms with Crippen molar-refractivity contribution in [3.63, 3.8) is 0 Å². The standard InChI is InChI=1S/C16H22Cl2N2O2/c17-12-9-13(18)15(14(21)10-12)16(11-1-7-22-8-2-11)20-5-3-19-4-6-20/h9-11,16,19,21H,1-8H2/t16-/m0/s1. The first-order chi connectivity index (χ1) is 10.7. The van der Waals surface area contributed by atoms with Crippen LogP contribution in [-0.2, 0) is 4.74 Å². The van der Waals surface area contributed by atoms with Crippen molar-refractivity contribution in [3.05, 3.63) is 27.7 Å². The molecule has 2 N–H and O–H groups in total. The number of aromatic hydroxyl groups is 1. The molecule has 0 radical (unpaired) electrons. The number of rotatable bonds is 3. The Labute approximate surface area is 141 Å². The summed E-state index contributed by atoms with van der Waals surface area (Å²) in [7, 11) is 0. The van der Waals surface area contributed by atoms with Crippen LogP contribution < -0.4 is 5.32 Å². The Morgan fingerprint density at radius 1 is 1.18 bits per heavy atom. The third-order valence-electron chi connectivity index (χ3n) is 4.63. The van der Waals surface area contributed by atoms with Gasteiger partial charge in [0.15, 0.2) is 0 Å². The fourth-order valence-corrected chi connectivity index (χ4v) is 4.17. The molecule has 1 aromatic carbocycles. The summed E-state index contributed by atoms with van der Waals surface area (Å²) in [6.07, 6.45) is 1.99. The molecule has 2 saturated heterocycles. The number of hydrogen-bond acceptors (Lipinski definition) is 4. The molecule has 2 fully saturated rings. The van der Waals surface area contributed by atoms with Gasteiger partial charge in [0.05, 0.1) is 5.02 Å². The quantitative estimate of drug-likeness (QED) is 0.884. The Morgan fingerprint density at radius 3 is 2.50 bits per heavy atom. The summed E-state index contributed by atoms with van der Waals surface area (Å²) in [6.45, 7) is 5.40. The Balaban J connectivity index is 1.96. The lowest BCUT2D eigenvalue weighted by Gasteiger charge is -2.41. The number of piperazine rings is 1. The maximum absolute atomic E-state index is 10.5. The minimum atomic E-state index is 0.121. The Hall–Kier alpha value is -0.520. The van der Waals surface area contributed by atoms with Crippen molar-refractivity contribution in [1.29, 1.82) is 0 Å². The van der Waals surface area contributed by atoms with Crippen molar-refractivity contribution >= 4 is 23.2 Å². The topological polar surface area (TPSA) is 44.7 Å². The zero-order valence-corrected chi connectivity index (χ0v) is 14.0. The number of nitrogens with one attached hydrogen (secondary N) is 1. The predicted octanol–water partition coefficient (Wildman–Crippen LogP) is 3.07. The van der Waals surface area contributed by atoms with Gasteiger partial charge in [-0.15, -0.1) is 0 Å². The van der Waals surface area contributed by atoms with Gasteiger partial charge in [-0.3, -0.25) is 4.90 Å². The Kier molecular flexibility index (Phi) is 5.47. The maximum atomic E-state index is 10.5. The van der Waals surface area contributed by atoms with Gasteiger partial charge >= 0.3 is 0 Å². The van der Waals surface area contributed by atoms with Gasteiger partial charge in [0, 0.05) is 56.0 Å². The van der Waals surface area contributed by atoms with E-state index in [0.29, 0.717) is 16.0 Å². The van der Waals surface area contributed by atoms with Gasteiger partial charge in [-0.25, -0.2) is 0 Å². The number of nitrogens with zero attached hydrogens (tertiary/aromatic N) is 1. The van der Waals surface area contributed by atoms with Crippen LogP contribution in [0.5, 0.6) is 5.75 Å². The van der Waals surface area contributed by atoms with Crippen LogP contribution in [-0.4, -0.2) is 49.4 Å². The summed E-state index contributed by atoms with van der Waals surface area (Å²) in [5.74, 6) is 0.643. The summed E-state index contributed by atoms with van der Waals surface area (Å²) in [5, 5.41) is 14.9. The van der Waals surface area contributed by atoms with Crippen LogP contribution in [0.3, 0.4) is 0 Å². The number of halogens is 2. The van der Waals surface area contributed by atoms with Gasteiger partial charge < -0.3 is 15.2 Å². The fraction of sp³-hybridized carbons (Fsp3) is 0.625. The molecular weight excluding hydrogens is 323 g/mol. The van der Waals surface area contributed by atoms with Crippen LogP contribution in [0, 0.1) is 5.92 Å². The van der Waals surface area contributed by atoms with E-state index in [0.717, 1.165) is 57.8 Å². The second-order valence-electron chi connectivity index (χ2n) is 6.00. The largest absolute Gasteiger partial charge is 0.508 e. The summed E-state index contributed by atoms with van der Waals surface area (Å²) < 4.78 is 5.51. The zero-order chi connectivity index (χ0) is 15.5. The van der Waals surface area contributed by atoms with Gasteiger partial charge in [0.2, 0.25) is 0 Å². The van der Waals surface area contributed by atoms with Crippen molar-refractivity contribution in [2.24, 2.45) is 5.92 Å². The molecule has 2 heterocycles. The molecule has 122 valence electrons. The van der Waals surface area contributed by atoms with E-state index in [1.165, 1.54) is 0 Å². The molecule has 1 aromatic rings. The summed E-state index contributed by atoms with van der Waals surface area (Å²) >= 11 is 12.5. The molecule has 1 atom stereocenters. The van der Waals surface area contributed by atoms with Crippen molar-refractivity contribution in [2.75, 3.05) is 39.4 Å². The van der Waals surface area contributed by atoms with E-state index in [-0.39, 0.29) is 11.8 Å². The molecule has 22 heavy (non-hydrogen) atoms. The van der Waals surface area contributed by atoms with E-state index < -0.39 is 0 Å². The highest BCUT2D eigenvalue weighted by Gasteiger charge is 2.34. The molecule has 0 unspecified atom stereocenters. The van der Waals surface area contributed by atoms with Crippen LogP contribution >= 0.6 is 23.2 Å². The first-order valence-corrected chi connectivity index (χ1v) is 8.63.